The maximum atomic E-state index is 11.1. The molecule has 1 unspecified atom stereocenters. The second-order valence-corrected chi connectivity index (χ2v) is 3.70. The zero-order chi connectivity index (χ0) is 8.43. The Balaban J connectivity index is 2.68. The van der Waals surface area contributed by atoms with Gasteiger partial charge >= 0.3 is 5.97 Å². The molecular formula is C6H5BrO3S. The number of esters is 1. The Morgan fingerprint density at radius 2 is 2.45 bits per heavy atom. The lowest BCUT2D eigenvalue weighted by atomic mass is 10.3. The van der Waals surface area contributed by atoms with Crippen molar-refractivity contribution in [1.29, 1.82) is 0 Å². The molecule has 0 spiro atoms. The third kappa shape index (κ3) is 1.65. The molecular weight excluding hydrogens is 232 g/mol. The van der Waals surface area contributed by atoms with Crippen molar-refractivity contribution >= 4 is 39.4 Å². The number of thioether (sulfide) groups is 1. The van der Waals surface area contributed by atoms with Crippen LogP contribution in [0.3, 0.4) is 0 Å². The van der Waals surface area contributed by atoms with Crippen LogP contribution >= 0.6 is 27.7 Å². The van der Waals surface area contributed by atoms with Crippen LogP contribution in [-0.2, 0) is 14.3 Å². The first-order chi connectivity index (χ1) is 5.16. The summed E-state index contributed by atoms with van der Waals surface area (Å²) in [5.41, 5.74) is 0. The van der Waals surface area contributed by atoms with E-state index in [1.807, 2.05) is 0 Å². The van der Waals surface area contributed by atoms with Gasteiger partial charge in [0.1, 0.15) is 0 Å². The summed E-state index contributed by atoms with van der Waals surface area (Å²) in [6.07, 6.45) is 0. The van der Waals surface area contributed by atoms with Crippen LogP contribution in [-0.4, -0.2) is 24.1 Å². The molecule has 11 heavy (non-hydrogen) atoms. The fourth-order valence-corrected chi connectivity index (χ4v) is 2.18. The molecule has 5 heteroatoms. The predicted molar refractivity (Wildman–Crippen MR) is 45.4 cm³/mol. The van der Waals surface area contributed by atoms with Gasteiger partial charge in [0, 0.05) is 0 Å². The van der Waals surface area contributed by atoms with E-state index < -0.39 is 11.2 Å². The normalized spacial score (nSPS) is 23.3. The van der Waals surface area contributed by atoms with Crippen molar-refractivity contribution in [2.45, 2.75) is 5.25 Å². The molecule has 0 saturated carbocycles. The van der Waals surface area contributed by atoms with Gasteiger partial charge in [0.15, 0.2) is 11.0 Å². The lowest BCUT2D eigenvalue weighted by Crippen LogP contribution is -2.24. The van der Waals surface area contributed by atoms with Gasteiger partial charge in [0.05, 0.1) is 11.6 Å². The highest BCUT2D eigenvalue weighted by atomic mass is 79.9. The van der Waals surface area contributed by atoms with E-state index in [0.29, 0.717) is 4.48 Å². The van der Waals surface area contributed by atoms with Gasteiger partial charge in [-0.25, -0.2) is 0 Å². The number of hydrogen-bond acceptors (Lipinski definition) is 4. The van der Waals surface area contributed by atoms with Gasteiger partial charge < -0.3 is 4.74 Å². The average Bonchev–Trinajstić information content (AvgIpc) is 2.32. The first-order valence-corrected chi connectivity index (χ1v) is 4.53. The van der Waals surface area contributed by atoms with Gasteiger partial charge in [-0.3, -0.25) is 9.59 Å². The lowest BCUT2D eigenvalue weighted by molar-refractivity contribution is -0.141. The smallest absolute Gasteiger partial charge is 0.327 e. The predicted octanol–water partition coefficient (Wildman–Crippen LogP) is 1.08. The summed E-state index contributed by atoms with van der Waals surface area (Å²) in [6, 6.07) is 0. The molecule has 0 saturated heterocycles. The van der Waals surface area contributed by atoms with Crippen molar-refractivity contribution in [3.63, 3.8) is 0 Å². The zero-order valence-corrected chi connectivity index (χ0v) is 8.07. The Morgan fingerprint density at radius 1 is 1.82 bits per heavy atom. The van der Waals surface area contributed by atoms with Crippen LogP contribution in [0.1, 0.15) is 0 Å². The maximum Gasteiger partial charge on any atom is 0.327 e. The molecule has 0 aromatic rings. The number of carbonyl (C=O) groups is 2. The van der Waals surface area contributed by atoms with Crippen molar-refractivity contribution in [2.75, 3.05) is 7.11 Å². The summed E-state index contributed by atoms with van der Waals surface area (Å²) >= 11 is 4.18. The van der Waals surface area contributed by atoms with Gasteiger partial charge in [0.2, 0.25) is 0 Å². The molecule has 1 aliphatic heterocycles. The van der Waals surface area contributed by atoms with Crippen molar-refractivity contribution in [2.24, 2.45) is 0 Å². The van der Waals surface area contributed by atoms with E-state index >= 15 is 0 Å². The molecule has 0 fully saturated rings. The summed E-state index contributed by atoms with van der Waals surface area (Å²) in [4.78, 5) is 21.9. The molecule has 1 aliphatic rings. The van der Waals surface area contributed by atoms with Crippen LogP contribution in [0.25, 0.3) is 0 Å². The molecule has 1 atom stereocenters. The van der Waals surface area contributed by atoms with E-state index in [0.717, 1.165) is 11.8 Å². The number of methoxy groups -OCH3 is 1. The molecule has 1 heterocycles. The van der Waals surface area contributed by atoms with E-state index in [2.05, 4.69) is 20.7 Å². The maximum absolute atomic E-state index is 11.1. The highest BCUT2D eigenvalue weighted by Crippen LogP contribution is 2.30. The van der Waals surface area contributed by atoms with Crippen molar-refractivity contribution in [1.82, 2.24) is 0 Å². The summed E-state index contributed by atoms with van der Waals surface area (Å²) in [7, 11) is 1.27. The summed E-state index contributed by atoms with van der Waals surface area (Å²) in [5, 5.41) is 0.901. The Labute approximate surface area is 76.3 Å². The molecule has 0 radical (unpaired) electrons. The van der Waals surface area contributed by atoms with Gasteiger partial charge in [0.25, 0.3) is 0 Å². The minimum Gasteiger partial charge on any atom is -0.468 e. The molecule has 0 amide bonds. The molecule has 0 aromatic heterocycles. The largest absolute Gasteiger partial charge is 0.468 e. The Kier molecular flexibility index (Phi) is 2.72. The third-order valence-electron chi connectivity index (χ3n) is 1.20. The SMILES string of the molecule is COC(=O)C1SC=C(Br)C1=O. The number of Topliss-reactive ketones (excluding diaryl/α,β-unsaturated/α-hetero) is 1. The Morgan fingerprint density at radius 3 is 2.82 bits per heavy atom. The molecule has 60 valence electrons. The van der Waals surface area contributed by atoms with Crippen molar-refractivity contribution in [3.8, 4) is 0 Å². The Hall–Kier alpha value is -0.290. The average molecular weight is 237 g/mol. The van der Waals surface area contributed by atoms with Crippen LogP contribution in [0, 0.1) is 0 Å². The molecule has 0 bridgehead atoms. The highest BCUT2D eigenvalue weighted by Gasteiger charge is 2.33. The van der Waals surface area contributed by atoms with Crippen molar-refractivity contribution < 1.29 is 14.3 Å². The fraction of sp³-hybridized carbons (Fsp3) is 0.333. The van der Waals surface area contributed by atoms with Crippen LogP contribution in [0.2, 0.25) is 0 Å². The summed E-state index contributed by atoms with van der Waals surface area (Å²) < 4.78 is 4.86. The van der Waals surface area contributed by atoms with E-state index in [1.165, 1.54) is 7.11 Å². The summed E-state index contributed by atoms with van der Waals surface area (Å²) in [6.45, 7) is 0. The van der Waals surface area contributed by atoms with Crippen LogP contribution in [0.5, 0.6) is 0 Å². The third-order valence-corrected chi connectivity index (χ3v) is 3.17. The van der Waals surface area contributed by atoms with E-state index in [1.54, 1.807) is 5.41 Å². The van der Waals surface area contributed by atoms with Gasteiger partial charge in [-0.15, -0.1) is 11.8 Å². The van der Waals surface area contributed by atoms with E-state index in [-0.39, 0.29) is 5.78 Å². The van der Waals surface area contributed by atoms with Crippen LogP contribution < -0.4 is 0 Å². The van der Waals surface area contributed by atoms with Crippen LogP contribution in [0.4, 0.5) is 0 Å². The Bertz CT molecular complexity index is 236. The molecule has 1 rings (SSSR count). The number of rotatable bonds is 1. The molecule has 0 aromatic carbocycles. The van der Waals surface area contributed by atoms with Gasteiger partial charge in [-0.05, 0) is 21.3 Å². The van der Waals surface area contributed by atoms with Crippen molar-refractivity contribution in [3.05, 3.63) is 9.89 Å². The number of ketones is 1. The lowest BCUT2D eigenvalue weighted by Gasteiger charge is -2.02. The molecule has 3 nitrogen and oxygen atoms in total. The topological polar surface area (TPSA) is 43.4 Å². The number of halogens is 1. The molecule has 0 N–H and O–H groups in total. The first kappa shape index (κ1) is 8.80. The number of hydrogen-bond donors (Lipinski definition) is 0. The number of allylic oxidation sites excluding steroid dienone is 1. The van der Waals surface area contributed by atoms with Gasteiger partial charge in [-0.1, -0.05) is 0 Å². The standard InChI is InChI=1S/C6H5BrO3S/c1-10-6(9)5-4(8)3(7)2-11-5/h2,5H,1H3. The quantitative estimate of drug-likeness (QED) is 0.505. The van der Waals surface area contributed by atoms with E-state index in [4.69, 9.17) is 0 Å². The number of ether oxygens (including phenoxy) is 1. The first-order valence-electron chi connectivity index (χ1n) is 2.80. The second kappa shape index (κ2) is 3.40. The fourth-order valence-electron chi connectivity index (χ4n) is 0.643. The highest BCUT2D eigenvalue weighted by molar-refractivity contribution is 9.12. The zero-order valence-electron chi connectivity index (χ0n) is 5.67. The van der Waals surface area contributed by atoms with Crippen LogP contribution in [0.15, 0.2) is 9.89 Å². The minimum atomic E-state index is -0.700. The van der Waals surface area contributed by atoms with E-state index in [9.17, 15) is 9.59 Å². The van der Waals surface area contributed by atoms with Gasteiger partial charge in [-0.2, -0.15) is 0 Å². The minimum absolute atomic E-state index is 0.221. The summed E-state index contributed by atoms with van der Waals surface area (Å²) in [5.74, 6) is -0.715. The molecule has 0 aliphatic carbocycles. The second-order valence-electron chi connectivity index (χ2n) is 1.87. The monoisotopic (exact) mass is 236 g/mol. The number of carbonyl (C=O) groups excluding carboxylic acids is 2.